The molecule has 0 atom stereocenters. The number of nitrogens with two attached hydrogens (primary N) is 1. The van der Waals surface area contributed by atoms with E-state index in [1.165, 1.54) is 0 Å². The molecule has 1 aromatic carbocycles. The molecule has 0 spiro atoms. The zero-order valence-corrected chi connectivity index (χ0v) is 10.7. The van der Waals surface area contributed by atoms with Gasteiger partial charge in [0.2, 0.25) is 0 Å². The fourth-order valence-electron chi connectivity index (χ4n) is 2.19. The molecule has 20 heavy (non-hydrogen) atoms. The number of rotatable bonds is 6. The predicted molar refractivity (Wildman–Crippen MR) is 71.5 cm³/mol. The summed E-state index contributed by atoms with van der Waals surface area (Å²) < 4.78 is 0. The largest absolute Gasteiger partial charge is 0.481 e. The van der Waals surface area contributed by atoms with Gasteiger partial charge in [-0.15, -0.1) is 0 Å². The molecule has 7 nitrogen and oxygen atoms in total. The molecule has 0 radical (unpaired) electrons. The quantitative estimate of drug-likeness (QED) is 0.601. The lowest BCUT2D eigenvalue weighted by Crippen LogP contribution is -2.09. The van der Waals surface area contributed by atoms with Crippen LogP contribution in [0.15, 0.2) is 12.1 Å². The van der Waals surface area contributed by atoms with Crippen LogP contribution >= 0.6 is 0 Å². The van der Waals surface area contributed by atoms with Crippen molar-refractivity contribution in [3.63, 3.8) is 0 Å². The average molecular weight is 277 g/mol. The Morgan fingerprint density at radius 3 is 2.50 bits per heavy atom. The number of aromatic amines is 1. The highest BCUT2D eigenvalue weighted by molar-refractivity contribution is 5.85. The molecule has 0 aliphatic heterocycles. The van der Waals surface area contributed by atoms with Gasteiger partial charge in [0.15, 0.2) is 0 Å². The third kappa shape index (κ3) is 2.94. The fourth-order valence-corrected chi connectivity index (χ4v) is 2.19. The normalized spacial score (nSPS) is 10.8. The molecule has 2 aromatic rings. The van der Waals surface area contributed by atoms with E-state index in [1.54, 1.807) is 12.1 Å². The highest BCUT2D eigenvalue weighted by atomic mass is 16.4. The molecule has 1 aromatic heterocycles. The number of nitrogens with one attached hydrogen (secondary N) is 1. The standard InChI is InChI=1S/C13H15N3O4/c14-4-3-7-1-2-9-13(8(7)5-11(17)18)16-10(15-9)6-12(19)20/h1-2H,3-6,14H2,(H,15,16)(H,17,18)(H,19,20). The fraction of sp³-hybridized carbons (Fsp3) is 0.308. The number of imidazole rings is 1. The monoisotopic (exact) mass is 277 g/mol. The van der Waals surface area contributed by atoms with Gasteiger partial charge < -0.3 is 20.9 Å². The molecule has 1 heterocycles. The molecule has 0 amide bonds. The number of carboxylic acid groups (broad SMARTS) is 2. The number of fused-ring (bicyclic) bond motifs is 1. The summed E-state index contributed by atoms with van der Waals surface area (Å²) >= 11 is 0. The number of H-pyrrole nitrogens is 1. The number of aliphatic carboxylic acids is 2. The summed E-state index contributed by atoms with van der Waals surface area (Å²) in [5.74, 6) is -1.64. The van der Waals surface area contributed by atoms with Gasteiger partial charge in [-0.05, 0) is 30.2 Å². The second-order valence-electron chi connectivity index (χ2n) is 4.46. The number of benzene rings is 1. The van der Waals surface area contributed by atoms with Crippen molar-refractivity contribution in [3.8, 4) is 0 Å². The van der Waals surface area contributed by atoms with Gasteiger partial charge in [0.05, 0.1) is 17.5 Å². The van der Waals surface area contributed by atoms with Crippen molar-refractivity contribution >= 4 is 23.0 Å². The van der Waals surface area contributed by atoms with E-state index in [9.17, 15) is 9.59 Å². The molecule has 0 aliphatic rings. The van der Waals surface area contributed by atoms with Crippen molar-refractivity contribution in [1.29, 1.82) is 0 Å². The van der Waals surface area contributed by atoms with Crippen LogP contribution in [0, 0.1) is 0 Å². The molecule has 7 heteroatoms. The first-order chi connectivity index (χ1) is 9.51. The molecule has 5 N–H and O–H groups in total. The van der Waals surface area contributed by atoms with Crippen molar-refractivity contribution in [2.24, 2.45) is 5.73 Å². The summed E-state index contributed by atoms with van der Waals surface area (Å²) in [5, 5.41) is 17.8. The third-order valence-electron chi connectivity index (χ3n) is 2.97. The van der Waals surface area contributed by atoms with Gasteiger partial charge in [0.1, 0.15) is 12.2 Å². The van der Waals surface area contributed by atoms with Crippen molar-refractivity contribution < 1.29 is 19.8 Å². The Bertz CT molecular complexity index is 663. The van der Waals surface area contributed by atoms with Gasteiger partial charge in [0, 0.05) is 0 Å². The number of aromatic nitrogens is 2. The molecule has 0 saturated carbocycles. The van der Waals surface area contributed by atoms with Crippen LogP contribution in [0.3, 0.4) is 0 Å². The Labute approximate surface area is 114 Å². The second kappa shape index (κ2) is 5.70. The van der Waals surface area contributed by atoms with E-state index < -0.39 is 11.9 Å². The Kier molecular flexibility index (Phi) is 3.99. The van der Waals surface area contributed by atoms with Gasteiger partial charge in [-0.1, -0.05) is 6.07 Å². The molecular weight excluding hydrogens is 262 g/mol. The van der Waals surface area contributed by atoms with E-state index in [-0.39, 0.29) is 12.8 Å². The SMILES string of the molecule is NCCc1ccc2[nH]c(CC(=O)O)nc2c1CC(=O)O. The topological polar surface area (TPSA) is 129 Å². The van der Waals surface area contributed by atoms with Crippen LogP contribution in [0.2, 0.25) is 0 Å². The van der Waals surface area contributed by atoms with Crippen LogP contribution < -0.4 is 5.73 Å². The van der Waals surface area contributed by atoms with Crippen molar-refractivity contribution in [1.82, 2.24) is 9.97 Å². The van der Waals surface area contributed by atoms with Gasteiger partial charge in [-0.3, -0.25) is 9.59 Å². The maximum absolute atomic E-state index is 11.0. The Morgan fingerprint density at radius 2 is 1.90 bits per heavy atom. The lowest BCUT2D eigenvalue weighted by atomic mass is 10.00. The maximum Gasteiger partial charge on any atom is 0.311 e. The van der Waals surface area contributed by atoms with Crippen LogP contribution in [-0.2, 0) is 28.9 Å². The Balaban J connectivity index is 2.53. The van der Waals surface area contributed by atoms with E-state index in [1.807, 2.05) is 0 Å². The number of nitrogens with zero attached hydrogens (tertiary/aromatic N) is 1. The summed E-state index contributed by atoms with van der Waals surface area (Å²) in [4.78, 5) is 28.8. The van der Waals surface area contributed by atoms with E-state index >= 15 is 0 Å². The predicted octanol–water partition coefficient (Wildman–Crippen LogP) is 0.318. The van der Waals surface area contributed by atoms with Gasteiger partial charge in [-0.2, -0.15) is 0 Å². The molecule has 0 aliphatic carbocycles. The van der Waals surface area contributed by atoms with E-state index in [0.29, 0.717) is 35.4 Å². The average Bonchev–Trinajstić information content (AvgIpc) is 2.73. The summed E-state index contributed by atoms with van der Waals surface area (Å²) in [6.45, 7) is 0.407. The minimum atomic E-state index is -0.994. The van der Waals surface area contributed by atoms with E-state index in [4.69, 9.17) is 15.9 Å². The molecule has 0 saturated heterocycles. The Hall–Kier alpha value is -2.41. The summed E-state index contributed by atoms with van der Waals surface area (Å²) in [6.07, 6.45) is 0.164. The van der Waals surface area contributed by atoms with Crippen molar-refractivity contribution in [2.45, 2.75) is 19.3 Å². The molecule has 0 fully saturated rings. The lowest BCUT2D eigenvalue weighted by Gasteiger charge is -2.07. The summed E-state index contributed by atoms with van der Waals surface area (Å²) in [6, 6.07) is 3.57. The van der Waals surface area contributed by atoms with Crippen LogP contribution in [0.4, 0.5) is 0 Å². The number of carbonyl (C=O) groups is 2. The second-order valence-corrected chi connectivity index (χ2v) is 4.46. The van der Waals surface area contributed by atoms with Gasteiger partial charge >= 0.3 is 11.9 Å². The van der Waals surface area contributed by atoms with Crippen molar-refractivity contribution in [3.05, 3.63) is 29.1 Å². The van der Waals surface area contributed by atoms with Crippen LogP contribution in [-0.4, -0.2) is 38.7 Å². The minimum absolute atomic E-state index is 0.163. The van der Waals surface area contributed by atoms with E-state index in [2.05, 4.69) is 9.97 Å². The maximum atomic E-state index is 11.0. The Morgan fingerprint density at radius 1 is 1.20 bits per heavy atom. The molecule has 0 unspecified atom stereocenters. The van der Waals surface area contributed by atoms with E-state index in [0.717, 1.165) is 5.56 Å². The first-order valence-electron chi connectivity index (χ1n) is 6.14. The summed E-state index contributed by atoms with van der Waals surface area (Å²) in [5.41, 5.74) is 8.09. The van der Waals surface area contributed by atoms with Crippen molar-refractivity contribution in [2.75, 3.05) is 6.54 Å². The molecular formula is C13H15N3O4. The third-order valence-corrected chi connectivity index (χ3v) is 2.97. The van der Waals surface area contributed by atoms with Gasteiger partial charge in [-0.25, -0.2) is 4.98 Å². The zero-order valence-electron chi connectivity index (χ0n) is 10.7. The van der Waals surface area contributed by atoms with Crippen LogP contribution in [0.1, 0.15) is 17.0 Å². The first kappa shape index (κ1) is 14.0. The van der Waals surface area contributed by atoms with Gasteiger partial charge in [0.25, 0.3) is 0 Å². The number of hydrogen-bond acceptors (Lipinski definition) is 4. The van der Waals surface area contributed by atoms with Crippen LogP contribution in [0.5, 0.6) is 0 Å². The zero-order chi connectivity index (χ0) is 14.7. The lowest BCUT2D eigenvalue weighted by molar-refractivity contribution is -0.137. The first-order valence-corrected chi connectivity index (χ1v) is 6.14. The smallest absolute Gasteiger partial charge is 0.311 e. The summed E-state index contributed by atoms with van der Waals surface area (Å²) in [7, 11) is 0. The molecule has 106 valence electrons. The number of carboxylic acids is 2. The molecule has 0 bridgehead atoms. The van der Waals surface area contributed by atoms with Crippen LogP contribution in [0.25, 0.3) is 11.0 Å². The number of hydrogen-bond donors (Lipinski definition) is 4. The molecule has 2 rings (SSSR count). The highest BCUT2D eigenvalue weighted by Crippen LogP contribution is 2.22. The highest BCUT2D eigenvalue weighted by Gasteiger charge is 2.15. The minimum Gasteiger partial charge on any atom is -0.481 e.